The largest absolute Gasteiger partial charge is 0.288 e. The number of hydrogen-bond acceptors (Lipinski definition) is 2. The van der Waals surface area contributed by atoms with Crippen LogP contribution in [0.3, 0.4) is 0 Å². The average molecular weight is 356 g/mol. The molecule has 0 heterocycles. The first-order valence-electron chi connectivity index (χ1n) is 8.81. The molecule has 0 amide bonds. The molecule has 0 saturated heterocycles. The Morgan fingerprint density at radius 2 is 1.23 bits per heavy atom. The Morgan fingerprint density at radius 1 is 0.692 bits per heavy atom. The molecule has 0 radical (unpaired) electrons. The third kappa shape index (κ3) is 2.47. The van der Waals surface area contributed by atoms with Crippen molar-refractivity contribution in [1.29, 1.82) is 0 Å². The van der Waals surface area contributed by atoms with Gasteiger partial charge >= 0.3 is 0 Å². The van der Waals surface area contributed by atoms with E-state index in [-0.39, 0.29) is 11.6 Å². The van der Waals surface area contributed by atoms with E-state index in [4.69, 9.17) is 0 Å². The van der Waals surface area contributed by atoms with E-state index >= 15 is 0 Å². The third-order valence-corrected chi connectivity index (χ3v) is 6.95. The van der Waals surface area contributed by atoms with Gasteiger partial charge in [-0.1, -0.05) is 86.4 Å². The molecular formula is C23H20O2Si. The lowest BCUT2D eigenvalue weighted by Crippen LogP contribution is -2.27. The van der Waals surface area contributed by atoms with Crippen molar-refractivity contribution < 1.29 is 9.59 Å². The molecule has 1 aliphatic rings. The summed E-state index contributed by atoms with van der Waals surface area (Å²) in [6.07, 6.45) is 0. The average Bonchev–Trinajstić information content (AvgIpc) is 2.87. The first kappa shape index (κ1) is 16.7. The number of ketones is 2. The van der Waals surface area contributed by atoms with E-state index < -0.39 is 8.07 Å². The summed E-state index contributed by atoms with van der Waals surface area (Å²) >= 11 is 0. The van der Waals surface area contributed by atoms with Crippen LogP contribution in [0.25, 0.3) is 16.0 Å². The van der Waals surface area contributed by atoms with Crippen molar-refractivity contribution in [2.24, 2.45) is 0 Å². The Kier molecular flexibility index (Phi) is 3.78. The summed E-state index contributed by atoms with van der Waals surface area (Å²) in [5, 5.41) is 3.17. The van der Waals surface area contributed by atoms with Gasteiger partial charge in [0.05, 0.1) is 13.6 Å². The molecule has 0 unspecified atom stereocenters. The summed E-state index contributed by atoms with van der Waals surface area (Å²) in [5.74, 6) is -0.257. The zero-order valence-electron chi connectivity index (χ0n) is 15.2. The van der Waals surface area contributed by atoms with Crippen LogP contribution in [0.4, 0.5) is 0 Å². The molecule has 26 heavy (non-hydrogen) atoms. The van der Waals surface area contributed by atoms with E-state index in [1.807, 2.05) is 36.4 Å². The summed E-state index contributed by atoms with van der Waals surface area (Å²) in [7, 11) is -1.99. The number of fused-ring (bicyclic) bond motifs is 2. The fourth-order valence-electron chi connectivity index (χ4n) is 3.84. The maximum atomic E-state index is 13.1. The SMILES string of the molecule is C[Si](C)(C)C(=C1C(=O)c2ccccc2C1=O)c1cccc2ccccc12. The summed E-state index contributed by atoms with van der Waals surface area (Å²) in [4.78, 5) is 26.3. The molecule has 0 saturated carbocycles. The quantitative estimate of drug-likeness (QED) is 0.343. The van der Waals surface area contributed by atoms with Crippen molar-refractivity contribution in [3.05, 3.63) is 89.0 Å². The van der Waals surface area contributed by atoms with Crippen LogP contribution in [0, 0.1) is 0 Å². The molecule has 4 rings (SSSR count). The topological polar surface area (TPSA) is 34.1 Å². The zero-order valence-corrected chi connectivity index (χ0v) is 16.2. The number of carbonyl (C=O) groups is 2. The molecule has 0 fully saturated rings. The lowest BCUT2D eigenvalue weighted by atomic mass is 10.00. The predicted octanol–water partition coefficient (Wildman–Crippen LogP) is 5.55. The Labute approximate surface area is 154 Å². The molecule has 0 spiro atoms. The Balaban J connectivity index is 2.09. The van der Waals surface area contributed by atoms with Gasteiger partial charge in [-0.05, 0) is 21.5 Å². The lowest BCUT2D eigenvalue weighted by molar-refractivity contribution is 0.0990. The van der Waals surface area contributed by atoms with E-state index in [9.17, 15) is 9.59 Å². The first-order valence-corrected chi connectivity index (χ1v) is 12.3. The van der Waals surface area contributed by atoms with Gasteiger partial charge in [-0.3, -0.25) is 9.59 Å². The molecular weight excluding hydrogens is 336 g/mol. The van der Waals surface area contributed by atoms with Crippen LogP contribution >= 0.6 is 0 Å². The minimum absolute atomic E-state index is 0.129. The molecule has 2 nitrogen and oxygen atoms in total. The van der Waals surface area contributed by atoms with Gasteiger partial charge in [0.1, 0.15) is 0 Å². The van der Waals surface area contributed by atoms with Crippen LogP contribution in [0.1, 0.15) is 26.3 Å². The minimum Gasteiger partial charge on any atom is -0.288 e. The maximum absolute atomic E-state index is 13.1. The van der Waals surface area contributed by atoms with Gasteiger partial charge < -0.3 is 0 Å². The van der Waals surface area contributed by atoms with Crippen LogP contribution < -0.4 is 0 Å². The molecule has 3 aromatic rings. The van der Waals surface area contributed by atoms with Gasteiger partial charge in [-0.25, -0.2) is 0 Å². The molecule has 128 valence electrons. The van der Waals surface area contributed by atoms with Crippen LogP contribution in [0.2, 0.25) is 19.6 Å². The predicted molar refractivity (Wildman–Crippen MR) is 109 cm³/mol. The second-order valence-electron chi connectivity index (χ2n) is 7.73. The molecule has 0 aliphatic heterocycles. The van der Waals surface area contributed by atoms with Crippen molar-refractivity contribution in [2.75, 3.05) is 0 Å². The molecule has 1 aliphatic carbocycles. The number of rotatable bonds is 2. The number of allylic oxidation sites excluding steroid dienone is 1. The second kappa shape index (κ2) is 5.89. The summed E-state index contributed by atoms with van der Waals surface area (Å²) < 4.78 is 0. The number of benzene rings is 3. The highest BCUT2D eigenvalue weighted by molar-refractivity contribution is 6.95. The van der Waals surface area contributed by atoms with Crippen LogP contribution in [0.5, 0.6) is 0 Å². The summed E-state index contributed by atoms with van der Waals surface area (Å²) in [5.41, 5.74) is 2.46. The second-order valence-corrected chi connectivity index (χ2v) is 12.7. The van der Waals surface area contributed by atoms with Gasteiger partial charge in [0.2, 0.25) is 0 Å². The van der Waals surface area contributed by atoms with E-state index in [0.29, 0.717) is 16.7 Å². The molecule has 3 heteroatoms. The molecule has 3 aromatic carbocycles. The van der Waals surface area contributed by atoms with E-state index in [1.54, 1.807) is 12.1 Å². The molecule has 0 bridgehead atoms. The van der Waals surface area contributed by atoms with E-state index in [2.05, 4.69) is 37.8 Å². The number of hydrogen-bond donors (Lipinski definition) is 0. The summed E-state index contributed by atoms with van der Waals surface area (Å²) in [6.45, 7) is 6.59. The van der Waals surface area contributed by atoms with E-state index in [0.717, 1.165) is 21.5 Å². The fourth-order valence-corrected chi connectivity index (χ4v) is 5.84. The van der Waals surface area contributed by atoms with Gasteiger partial charge in [0.15, 0.2) is 11.6 Å². The van der Waals surface area contributed by atoms with Crippen molar-refractivity contribution in [1.82, 2.24) is 0 Å². The molecule has 0 aromatic heterocycles. The zero-order chi connectivity index (χ0) is 18.5. The Hall–Kier alpha value is -2.78. The van der Waals surface area contributed by atoms with Crippen molar-refractivity contribution >= 4 is 35.6 Å². The highest BCUT2D eigenvalue weighted by Gasteiger charge is 2.39. The summed E-state index contributed by atoms with van der Waals surface area (Å²) in [6, 6.07) is 21.4. The highest BCUT2D eigenvalue weighted by Crippen LogP contribution is 2.39. The highest BCUT2D eigenvalue weighted by atomic mass is 28.3. The van der Waals surface area contributed by atoms with E-state index in [1.165, 1.54) is 0 Å². The fraction of sp³-hybridized carbons (Fsp3) is 0.130. The van der Waals surface area contributed by atoms with Crippen molar-refractivity contribution in [3.63, 3.8) is 0 Å². The van der Waals surface area contributed by atoms with Gasteiger partial charge in [-0.15, -0.1) is 0 Å². The normalized spacial score (nSPS) is 14.0. The van der Waals surface area contributed by atoms with Crippen LogP contribution in [-0.4, -0.2) is 19.6 Å². The lowest BCUT2D eigenvalue weighted by Gasteiger charge is -2.24. The van der Waals surface area contributed by atoms with Crippen LogP contribution in [0.15, 0.2) is 72.3 Å². The molecule has 0 atom stereocenters. The Bertz CT molecular complexity index is 1060. The Morgan fingerprint density at radius 3 is 1.85 bits per heavy atom. The van der Waals surface area contributed by atoms with Gasteiger partial charge in [0, 0.05) is 11.1 Å². The van der Waals surface area contributed by atoms with Gasteiger partial charge in [-0.2, -0.15) is 0 Å². The first-order chi connectivity index (χ1) is 12.4. The van der Waals surface area contributed by atoms with Crippen molar-refractivity contribution in [2.45, 2.75) is 19.6 Å². The van der Waals surface area contributed by atoms with Crippen molar-refractivity contribution in [3.8, 4) is 0 Å². The smallest absolute Gasteiger partial charge is 0.197 e. The molecule has 0 N–H and O–H groups in total. The third-order valence-electron chi connectivity index (χ3n) is 4.93. The minimum atomic E-state index is -1.99. The maximum Gasteiger partial charge on any atom is 0.197 e. The standard InChI is InChI=1S/C23H20O2Si/c1-26(2,3)23(19-14-8-10-15-9-4-5-11-16(15)19)20-21(24)17-12-6-7-13-18(17)22(20)25/h4-14H,1-3H3. The number of carbonyl (C=O) groups excluding carboxylic acids is 2. The monoisotopic (exact) mass is 356 g/mol. The van der Waals surface area contributed by atoms with Crippen LogP contribution in [-0.2, 0) is 0 Å². The number of Topliss-reactive ketones (excluding diaryl/α,β-unsaturated/α-hetero) is 2. The van der Waals surface area contributed by atoms with Gasteiger partial charge in [0.25, 0.3) is 0 Å².